The van der Waals surface area contributed by atoms with Gasteiger partial charge in [0.2, 0.25) is 29.6 Å². The molecule has 0 saturated carbocycles. The number of nitrogens with zero attached hydrogens (tertiary/aromatic N) is 5. The fraction of sp³-hybridized carbons (Fsp3) is 0.111. The van der Waals surface area contributed by atoms with Gasteiger partial charge < -0.3 is 42.1 Å². The van der Waals surface area contributed by atoms with Crippen molar-refractivity contribution in [3.05, 3.63) is 143 Å². The lowest BCUT2D eigenvalue weighted by Crippen LogP contribution is -2.28. The maximum atomic E-state index is 14.3. The molecule has 21 heteroatoms. The Balaban J connectivity index is 1.23. The predicted molar refractivity (Wildman–Crippen MR) is 252 cm³/mol. The lowest BCUT2D eigenvalue weighted by molar-refractivity contribution is -0.137. The first-order chi connectivity index (χ1) is 31.5. The minimum atomic E-state index is -4.82. The Morgan fingerprint density at radius 1 is 0.682 bits per heavy atom. The Morgan fingerprint density at radius 3 is 1.82 bits per heavy atom. The number of rotatable bonds is 16. The van der Waals surface area contributed by atoms with Gasteiger partial charge in [0.25, 0.3) is 5.91 Å². The van der Waals surface area contributed by atoms with Crippen LogP contribution in [0.1, 0.15) is 35.3 Å². The monoisotopic (exact) mass is 938 g/mol. The van der Waals surface area contributed by atoms with E-state index in [2.05, 4.69) is 70.3 Å². The number of para-hydroxylation sites is 2. The highest BCUT2D eigenvalue weighted by molar-refractivity contribution is 6.33. The molecule has 0 saturated heterocycles. The normalized spacial score (nSPS) is 10.8. The van der Waals surface area contributed by atoms with E-state index in [0.717, 1.165) is 36.0 Å². The van der Waals surface area contributed by atoms with Crippen molar-refractivity contribution in [1.29, 1.82) is 0 Å². The largest absolute Gasteiger partial charge is 0.418 e. The van der Waals surface area contributed by atoms with E-state index in [4.69, 9.17) is 23.2 Å². The van der Waals surface area contributed by atoms with Crippen molar-refractivity contribution in [2.45, 2.75) is 26.9 Å². The van der Waals surface area contributed by atoms with Crippen molar-refractivity contribution in [3.8, 4) is 0 Å². The number of benzene rings is 4. The van der Waals surface area contributed by atoms with Gasteiger partial charge in [0.1, 0.15) is 10.0 Å². The highest BCUT2D eigenvalue weighted by Crippen LogP contribution is 2.39. The van der Waals surface area contributed by atoms with Crippen molar-refractivity contribution < 1.29 is 32.3 Å². The van der Waals surface area contributed by atoms with Crippen LogP contribution in [0, 0.1) is 6.92 Å². The van der Waals surface area contributed by atoms with Gasteiger partial charge in [-0.25, -0.2) is 9.97 Å². The molecule has 2 aromatic heterocycles. The molecule has 0 spiro atoms. The fourth-order valence-corrected chi connectivity index (χ4v) is 6.44. The number of halogens is 5. The summed E-state index contributed by atoms with van der Waals surface area (Å²) >= 11 is 12.9. The van der Waals surface area contributed by atoms with Crippen LogP contribution in [0.25, 0.3) is 0 Å². The second-order valence-corrected chi connectivity index (χ2v) is 14.8. The molecule has 0 bridgehead atoms. The molecular formula is C45H39Cl2F3N12O4. The van der Waals surface area contributed by atoms with Gasteiger partial charge in [-0.3, -0.25) is 19.2 Å². The molecule has 0 aliphatic rings. The zero-order valence-corrected chi connectivity index (χ0v) is 36.7. The van der Waals surface area contributed by atoms with Crippen LogP contribution in [-0.2, 0) is 20.6 Å². The summed E-state index contributed by atoms with van der Waals surface area (Å²) in [6.45, 7) is 11.8. The van der Waals surface area contributed by atoms with Crippen LogP contribution in [0.4, 0.5) is 82.2 Å². The van der Waals surface area contributed by atoms with Crippen molar-refractivity contribution in [2.75, 3.05) is 48.7 Å². The number of nitrogens with one attached hydrogen (secondary N) is 7. The summed E-state index contributed by atoms with van der Waals surface area (Å²) in [7, 11) is 0. The third kappa shape index (κ3) is 11.8. The van der Waals surface area contributed by atoms with Crippen LogP contribution >= 0.6 is 23.2 Å². The van der Waals surface area contributed by atoms with Gasteiger partial charge in [-0.1, -0.05) is 54.6 Å². The topological polar surface area (TPSA) is 207 Å². The Labute approximate surface area is 385 Å². The summed E-state index contributed by atoms with van der Waals surface area (Å²) < 4.78 is 42.9. The SMILES string of the molecule is C=CC(=O)Nc1ccccc1Nc1nc(Nc2cc(C(=O)Nc3ccc(NC(=O)C=C)c(Nc4nc(Nc5ccc(N(CC)C(C)=O)cc5C(F)(F)F)ncc4Cl)c3)ccc2C)ncc1Cl. The molecule has 0 radical (unpaired) electrons. The molecule has 0 unspecified atom stereocenters. The average molecular weight is 940 g/mol. The van der Waals surface area contributed by atoms with Gasteiger partial charge in [-0.2, -0.15) is 23.1 Å². The standard InChI is InChI=1S/C45H39Cl2F3N12O4/c1-6-38(64)54-33-11-9-10-12-34(33)56-40-30(46)22-52-44(60-40)59-36-19-26(14-13-24(36)4)42(66)53-27-15-17-35(55-39(65)7-2)37(20-27)57-41-31(47)23-51-43(61-41)58-32-18-16-28(62(8-3)25(5)63)21-29(32)45(48,49)50/h6-7,9-23H,1-2,8H2,3-5H3,(H,53,66)(H,54,64)(H,55,65)(H2,51,57,58,61)(H2,52,56,59,60). The van der Waals surface area contributed by atoms with Gasteiger partial charge in [0, 0.05) is 36.1 Å². The first-order valence-corrected chi connectivity index (χ1v) is 20.4. The first kappa shape index (κ1) is 47.4. The van der Waals surface area contributed by atoms with Crippen molar-refractivity contribution in [3.63, 3.8) is 0 Å². The lowest BCUT2D eigenvalue weighted by Gasteiger charge is -2.22. The molecule has 338 valence electrons. The minimum absolute atomic E-state index is 0.0449. The van der Waals surface area contributed by atoms with Gasteiger partial charge in [0.05, 0.1) is 46.4 Å². The Bertz CT molecular complexity index is 2880. The van der Waals surface area contributed by atoms with Crippen LogP contribution < -0.4 is 42.1 Å². The van der Waals surface area contributed by atoms with Gasteiger partial charge in [-0.05, 0) is 92.2 Å². The van der Waals surface area contributed by atoms with E-state index in [1.807, 2.05) is 6.92 Å². The van der Waals surface area contributed by atoms with Crippen LogP contribution in [0.5, 0.6) is 0 Å². The fourth-order valence-electron chi connectivity index (χ4n) is 6.16. The van der Waals surface area contributed by atoms with Crippen LogP contribution in [0.3, 0.4) is 0 Å². The zero-order chi connectivity index (χ0) is 47.7. The molecule has 0 aliphatic heterocycles. The van der Waals surface area contributed by atoms with Crippen molar-refractivity contribution >= 4 is 116 Å². The molecule has 0 atom stereocenters. The summed E-state index contributed by atoms with van der Waals surface area (Å²) in [6.07, 6.45) is -0.0986. The summed E-state index contributed by atoms with van der Waals surface area (Å²) in [5.74, 6) is -1.94. The number of anilines is 12. The smallest absolute Gasteiger partial charge is 0.337 e. The molecule has 16 nitrogen and oxygen atoms in total. The average Bonchev–Trinajstić information content (AvgIpc) is 3.28. The molecular weight excluding hydrogens is 900 g/mol. The van der Waals surface area contributed by atoms with Crippen LogP contribution in [-0.4, -0.2) is 50.1 Å². The molecule has 0 fully saturated rings. The number of hydrogen-bond acceptors (Lipinski definition) is 12. The van der Waals surface area contributed by atoms with E-state index in [9.17, 15) is 32.3 Å². The van der Waals surface area contributed by atoms with E-state index in [1.54, 1.807) is 49.4 Å². The first-order valence-electron chi connectivity index (χ1n) is 19.6. The van der Waals surface area contributed by atoms with E-state index >= 15 is 0 Å². The van der Waals surface area contributed by atoms with E-state index in [-0.39, 0.29) is 68.4 Å². The molecule has 0 aliphatic carbocycles. The number of aryl methyl sites for hydroxylation is 1. The summed E-state index contributed by atoms with van der Waals surface area (Å²) in [6, 6.07) is 19.7. The molecule has 4 amide bonds. The number of alkyl halides is 3. The molecule has 6 aromatic rings. The number of amides is 4. The summed E-state index contributed by atoms with van der Waals surface area (Å²) in [4.78, 5) is 68.5. The molecule has 66 heavy (non-hydrogen) atoms. The van der Waals surface area contributed by atoms with Crippen LogP contribution in [0.15, 0.2) is 117 Å². The number of carbonyl (C=O) groups is 4. The lowest BCUT2D eigenvalue weighted by atomic mass is 10.1. The second kappa shape index (κ2) is 20.6. The van der Waals surface area contributed by atoms with E-state index < -0.39 is 41.1 Å². The maximum absolute atomic E-state index is 14.3. The summed E-state index contributed by atoms with van der Waals surface area (Å²) in [5.41, 5.74) is 1.62. The number of carbonyl (C=O) groups excluding carboxylic acids is 4. The highest BCUT2D eigenvalue weighted by atomic mass is 35.5. The zero-order valence-electron chi connectivity index (χ0n) is 35.2. The Morgan fingerprint density at radius 2 is 1.24 bits per heavy atom. The Hall–Kier alpha value is -8.03. The molecule has 4 aromatic carbocycles. The third-order valence-corrected chi connectivity index (χ3v) is 9.95. The molecule has 7 N–H and O–H groups in total. The van der Waals surface area contributed by atoms with Gasteiger partial charge in [-0.15, -0.1) is 0 Å². The molecule has 6 rings (SSSR count). The second-order valence-electron chi connectivity index (χ2n) is 13.9. The van der Waals surface area contributed by atoms with Crippen molar-refractivity contribution in [2.24, 2.45) is 0 Å². The van der Waals surface area contributed by atoms with Gasteiger partial charge >= 0.3 is 6.18 Å². The van der Waals surface area contributed by atoms with E-state index in [1.165, 1.54) is 42.3 Å². The quantitative estimate of drug-likeness (QED) is 0.0453. The van der Waals surface area contributed by atoms with E-state index in [0.29, 0.717) is 17.1 Å². The highest BCUT2D eigenvalue weighted by Gasteiger charge is 2.35. The van der Waals surface area contributed by atoms with Crippen LogP contribution in [0.2, 0.25) is 10.0 Å². The predicted octanol–water partition coefficient (Wildman–Crippen LogP) is 10.7. The molecule has 2 heterocycles. The minimum Gasteiger partial charge on any atom is -0.337 e. The van der Waals surface area contributed by atoms with Crippen molar-refractivity contribution in [1.82, 2.24) is 19.9 Å². The van der Waals surface area contributed by atoms with Gasteiger partial charge in [0.15, 0.2) is 11.6 Å². The third-order valence-electron chi connectivity index (χ3n) is 9.39. The Kier molecular flexibility index (Phi) is 14.8. The summed E-state index contributed by atoms with van der Waals surface area (Å²) in [5, 5.41) is 20.1. The number of aromatic nitrogens is 4. The maximum Gasteiger partial charge on any atom is 0.418 e. The number of hydrogen-bond donors (Lipinski definition) is 7.